The molecule has 17 heavy (non-hydrogen) atoms. The average Bonchev–Trinajstić information content (AvgIpc) is 2.55. The van der Waals surface area contributed by atoms with Crippen LogP contribution in [0.5, 0.6) is 0 Å². The van der Waals surface area contributed by atoms with Crippen molar-refractivity contribution in [3.8, 4) is 0 Å². The van der Waals surface area contributed by atoms with Gasteiger partial charge in [-0.2, -0.15) is 0 Å². The summed E-state index contributed by atoms with van der Waals surface area (Å²) in [6.45, 7) is 7.96. The fourth-order valence-corrected chi connectivity index (χ4v) is 2.84. The second-order valence-electron chi connectivity index (χ2n) is 5.62. The summed E-state index contributed by atoms with van der Waals surface area (Å²) in [5.41, 5.74) is 0. The molecule has 98 valence electrons. The number of amides is 1. The van der Waals surface area contributed by atoms with Gasteiger partial charge in [0.1, 0.15) is 0 Å². The molecule has 0 radical (unpaired) electrons. The van der Waals surface area contributed by atoms with E-state index in [4.69, 9.17) is 4.74 Å². The first-order chi connectivity index (χ1) is 8.09. The largest absolute Gasteiger partial charge is 0.381 e. The van der Waals surface area contributed by atoms with Crippen LogP contribution < -0.4 is 5.32 Å². The third-order valence-electron chi connectivity index (χ3n) is 3.68. The number of hydrogen-bond donors (Lipinski definition) is 1. The van der Waals surface area contributed by atoms with E-state index in [0.717, 1.165) is 32.5 Å². The lowest BCUT2D eigenvalue weighted by Crippen LogP contribution is -2.47. The standard InChI is InChI=1S/C13H24N2O2/c1-9(2)8-12-14-10(3)13(16)15(12)11-4-6-17-7-5-11/h9-12,14H,4-8H2,1-3H3. The van der Waals surface area contributed by atoms with E-state index in [1.54, 1.807) is 0 Å². The van der Waals surface area contributed by atoms with Crippen molar-refractivity contribution >= 4 is 5.91 Å². The van der Waals surface area contributed by atoms with Gasteiger partial charge >= 0.3 is 0 Å². The zero-order valence-corrected chi connectivity index (χ0v) is 11.1. The van der Waals surface area contributed by atoms with Gasteiger partial charge in [-0.25, -0.2) is 0 Å². The molecule has 2 aliphatic rings. The first-order valence-corrected chi connectivity index (χ1v) is 6.75. The van der Waals surface area contributed by atoms with Crippen molar-refractivity contribution in [2.24, 2.45) is 5.92 Å². The fourth-order valence-electron chi connectivity index (χ4n) is 2.84. The van der Waals surface area contributed by atoms with E-state index in [0.29, 0.717) is 12.0 Å². The minimum absolute atomic E-state index is 0.0263. The van der Waals surface area contributed by atoms with Crippen LogP contribution in [-0.4, -0.2) is 42.3 Å². The fraction of sp³-hybridized carbons (Fsp3) is 0.923. The molecule has 1 N–H and O–H groups in total. The number of rotatable bonds is 3. The van der Waals surface area contributed by atoms with E-state index < -0.39 is 0 Å². The summed E-state index contributed by atoms with van der Waals surface area (Å²) >= 11 is 0. The number of carbonyl (C=O) groups excluding carboxylic acids is 1. The van der Waals surface area contributed by atoms with Crippen molar-refractivity contribution in [1.29, 1.82) is 0 Å². The highest BCUT2D eigenvalue weighted by molar-refractivity contribution is 5.84. The molecule has 0 saturated carbocycles. The quantitative estimate of drug-likeness (QED) is 0.810. The topological polar surface area (TPSA) is 41.6 Å². The summed E-state index contributed by atoms with van der Waals surface area (Å²) in [5, 5.41) is 3.42. The minimum atomic E-state index is -0.0263. The van der Waals surface area contributed by atoms with Crippen LogP contribution in [0.15, 0.2) is 0 Å². The molecule has 2 unspecified atom stereocenters. The Morgan fingerprint density at radius 2 is 2.06 bits per heavy atom. The molecule has 1 amide bonds. The monoisotopic (exact) mass is 240 g/mol. The summed E-state index contributed by atoms with van der Waals surface area (Å²) in [7, 11) is 0. The lowest BCUT2D eigenvalue weighted by molar-refractivity contribution is -0.134. The van der Waals surface area contributed by atoms with Crippen LogP contribution in [0.3, 0.4) is 0 Å². The maximum Gasteiger partial charge on any atom is 0.240 e. The van der Waals surface area contributed by atoms with Crippen molar-refractivity contribution in [3.63, 3.8) is 0 Å². The van der Waals surface area contributed by atoms with Gasteiger partial charge in [-0.15, -0.1) is 0 Å². The highest BCUT2D eigenvalue weighted by atomic mass is 16.5. The zero-order chi connectivity index (χ0) is 12.4. The Kier molecular flexibility index (Phi) is 4.05. The Balaban J connectivity index is 2.06. The van der Waals surface area contributed by atoms with Crippen molar-refractivity contribution in [2.75, 3.05) is 13.2 Å². The first kappa shape index (κ1) is 12.8. The maximum absolute atomic E-state index is 12.2. The molecule has 0 spiro atoms. The van der Waals surface area contributed by atoms with Gasteiger partial charge in [0.25, 0.3) is 0 Å². The van der Waals surface area contributed by atoms with E-state index >= 15 is 0 Å². The summed E-state index contributed by atoms with van der Waals surface area (Å²) in [6.07, 6.45) is 3.22. The molecule has 2 rings (SSSR count). The number of carbonyl (C=O) groups is 1. The molecule has 2 heterocycles. The number of ether oxygens (including phenoxy) is 1. The second kappa shape index (κ2) is 5.36. The molecule has 2 saturated heterocycles. The van der Waals surface area contributed by atoms with Crippen LogP contribution in [-0.2, 0) is 9.53 Å². The zero-order valence-electron chi connectivity index (χ0n) is 11.1. The van der Waals surface area contributed by atoms with E-state index in [-0.39, 0.29) is 18.1 Å². The summed E-state index contributed by atoms with van der Waals surface area (Å²) < 4.78 is 5.38. The van der Waals surface area contributed by atoms with Crippen molar-refractivity contribution in [2.45, 2.75) is 58.3 Å². The van der Waals surface area contributed by atoms with Gasteiger partial charge in [0.15, 0.2) is 0 Å². The Bertz CT molecular complexity index is 275. The van der Waals surface area contributed by atoms with Gasteiger partial charge in [-0.1, -0.05) is 13.8 Å². The smallest absolute Gasteiger partial charge is 0.240 e. The SMILES string of the molecule is CC(C)CC1NC(C)C(=O)N1C1CCOCC1. The van der Waals surface area contributed by atoms with E-state index in [1.807, 2.05) is 6.92 Å². The lowest BCUT2D eigenvalue weighted by Gasteiger charge is -2.35. The van der Waals surface area contributed by atoms with Crippen LogP contribution in [0.2, 0.25) is 0 Å². The Labute approximate surface area is 104 Å². The average molecular weight is 240 g/mol. The van der Waals surface area contributed by atoms with Gasteiger partial charge in [-0.3, -0.25) is 10.1 Å². The molecule has 0 aromatic rings. The Morgan fingerprint density at radius 3 is 2.65 bits per heavy atom. The first-order valence-electron chi connectivity index (χ1n) is 6.75. The normalized spacial score (nSPS) is 31.5. The number of nitrogens with one attached hydrogen (secondary N) is 1. The Morgan fingerprint density at radius 1 is 1.41 bits per heavy atom. The molecular formula is C13H24N2O2. The molecular weight excluding hydrogens is 216 g/mol. The number of nitrogens with zero attached hydrogens (tertiary/aromatic N) is 1. The van der Waals surface area contributed by atoms with Crippen LogP contribution in [0.25, 0.3) is 0 Å². The van der Waals surface area contributed by atoms with Gasteiger partial charge < -0.3 is 9.64 Å². The summed E-state index contributed by atoms with van der Waals surface area (Å²) in [6, 6.07) is 0.346. The molecule has 0 aromatic carbocycles. The van der Waals surface area contributed by atoms with Crippen LogP contribution in [0.4, 0.5) is 0 Å². The summed E-state index contributed by atoms with van der Waals surface area (Å²) in [5.74, 6) is 0.871. The maximum atomic E-state index is 12.2. The van der Waals surface area contributed by atoms with E-state index in [2.05, 4.69) is 24.1 Å². The summed E-state index contributed by atoms with van der Waals surface area (Å²) in [4.78, 5) is 14.3. The third kappa shape index (κ3) is 2.80. The van der Waals surface area contributed by atoms with E-state index in [1.165, 1.54) is 0 Å². The Hall–Kier alpha value is -0.610. The van der Waals surface area contributed by atoms with Crippen LogP contribution >= 0.6 is 0 Å². The third-order valence-corrected chi connectivity index (χ3v) is 3.68. The molecule has 4 heteroatoms. The van der Waals surface area contributed by atoms with E-state index in [9.17, 15) is 4.79 Å². The molecule has 2 aliphatic heterocycles. The molecule has 2 fully saturated rings. The van der Waals surface area contributed by atoms with Crippen molar-refractivity contribution in [3.05, 3.63) is 0 Å². The molecule has 2 atom stereocenters. The lowest BCUT2D eigenvalue weighted by atomic mass is 10.0. The predicted octanol–water partition coefficient (Wildman–Crippen LogP) is 1.36. The predicted molar refractivity (Wildman–Crippen MR) is 66.5 cm³/mol. The van der Waals surface area contributed by atoms with Gasteiger partial charge in [0.2, 0.25) is 5.91 Å². The van der Waals surface area contributed by atoms with Crippen LogP contribution in [0, 0.1) is 5.92 Å². The highest BCUT2D eigenvalue weighted by Crippen LogP contribution is 2.25. The van der Waals surface area contributed by atoms with Crippen LogP contribution in [0.1, 0.15) is 40.0 Å². The van der Waals surface area contributed by atoms with Gasteiger partial charge in [0, 0.05) is 19.3 Å². The number of hydrogen-bond acceptors (Lipinski definition) is 3. The second-order valence-corrected chi connectivity index (χ2v) is 5.62. The van der Waals surface area contributed by atoms with Crippen molar-refractivity contribution in [1.82, 2.24) is 10.2 Å². The molecule has 0 aliphatic carbocycles. The molecule has 0 bridgehead atoms. The van der Waals surface area contributed by atoms with Crippen molar-refractivity contribution < 1.29 is 9.53 Å². The minimum Gasteiger partial charge on any atom is -0.381 e. The van der Waals surface area contributed by atoms with Gasteiger partial charge in [0.05, 0.1) is 12.2 Å². The van der Waals surface area contributed by atoms with Gasteiger partial charge in [-0.05, 0) is 32.1 Å². The highest BCUT2D eigenvalue weighted by Gasteiger charge is 2.40. The molecule has 4 nitrogen and oxygen atoms in total. The molecule has 0 aromatic heterocycles.